The molecule has 0 bridgehead atoms. The zero-order valence-corrected chi connectivity index (χ0v) is 16.8. The van der Waals surface area contributed by atoms with Gasteiger partial charge in [-0.1, -0.05) is 49.2 Å². The van der Waals surface area contributed by atoms with Gasteiger partial charge in [0.1, 0.15) is 0 Å². The molecule has 7 heteroatoms. The van der Waals surface area contributed by atoms with Crippen molar-refractivity contribution in [3.05, 3.63) is 64.7 Å². The summed E-state index contributed by atoms with van der Waals surface area (Å²) in [6, 6.07) is 13.4. The molecular formula is C20H24ClNO4S. The number of rotatable bonds is 10. The van der Waals surface area contributed by atoms with Crippen LogP contribution >= 0.6 is 11.6 Å². The zero-order valence-electron chi connectivity index (χ0n) is 15.2. The minimum Gasteiger partial charge on any atom is -0.481 e. The van der Waals surface area contributed by atoms with Crippen molar-refractivity contribution in [3.8, 4) is 0 Å². The first-order valence-corrected chi connectivity index (χ1v) is 10.8. The Kier molecular flexibility index (Phi) is 7.83. The fourth-order valence-corrected chi connectivity index (χ4v) is 4.20. The van der Waals surface area contributed by atoms with Gasteiger partial charge in [0.05, 0.1) is 4.90 Å². The fourth-order valence-electron chi connectivity index (χ4n) is 2.81. The van der Waals surface area contributed by atoms with Crippen LogP contribution in [0, 0.1) is 0 Å². The van der Waals surface area contributed by atoms with Crippen molar-refractivity contribution < 1.29 is 18.3 Å². The highest BCUT2D eigenvalue weighted by molar-refractivity contribution is 7.89. The Balaban J connectivity index is 2.12. The van der Waals surface area contributed by atoms with E-state index in [-0.39, 0.29) is 17.4 Å². The van der Waals surface area contributed by atoms with Gasteiger partial charge >= 0.3 is 5.97 Å². The molecule has 1 unspecified atom stereocenters. The summed E-state index contributed by atoms with van der Waals surface area (Å²) in [5, 5.41) is 9.20. The second-order valence-electron chi connectivity index (χ2n) is 6.41. The maximum atomic E-state index is 12.7. The molecular weight excluding hydrogens is 386 g/mol. The molecule has 0 aliphatic heterocycles. The summed E-state index contributed by atoms with van der Waals surface area (Å²) in [4.78, 5) is 10.8. The maximum Gasteiger partial charge on any atom is 0.303 e. The fraction of sp³-hybridized carbons (Fsp3) is 0.350. The summed E-state index contributed by atoms with van der Waals surface area (Å²) in [6.07, 6.45) is 2.90. The van der Waals surface area contributed by atoms with Crippen molar-refractivity contribution >= 4 is 27.6 Å². The molecule has 0 fully saturated rings. The van der Waals surface area contributed by atoms with Gasteiger partial charge < -0.3 is 5.11 Å². The van der Waals surface area contributed by atoms with Gasteiger partial charge in [0, 0.05) is 17.5 Å². The van der Waals surface area contributed by atoms with Crippen LogP contribution in [0.3, 0.4) is 0 Å². The number of aryl methyl sites for hydroxylation is 1. The van der Waals surface area contributed by atoms with E-state index in [1.54, 1.807) is 12.1 Å². The molecule has 0 amide bonds. The Labute approximate surface area is 165 Å². The van der Waals surface area contributed by atoms with Crippen LogP contribution in [0.5, 0.6) is 0 Å². The number of benzene rings is 2. The number of aliphatic carboxylic acids is 1. The largest absolute Gasteiger partial charge is 0.481 e. The molecule has 0 saturated carbocycles. The van der Waals surface area contributed by atoms with E-state index in [1.165, 1.54) is 12.1 Å². The quantitative estimate of drug-likeness (QED) is 0.602. The Morgan fingerprint density at radius 1 is 1.11 bits per heavy atom. The molecule has 2 aromatic rings. The van der Waals surface area contributed by atoms with E-state index in [0.717, 1.165) is 17.5 Å². The van der Waals surface area contributed by atoms with Crippen molar-refractivity contribution in [3.63, 3.8) is 0 Å². The van der Waals surface area contributed by atoms with Crippen LogP contribution < -0.4 is 4.72 Å². The standard InChI is InChI=1S/C20H24ClNO4S/c1-2-4-19(22-27(25,26)18-13-11-17(21)12-14-18)16-9-7-15(8-10-16)5-3-6-20(23)24/h7-14,19,22H,2-6H2,1H3,(H,23,24). The summed E-state index contributed by atoms with van der Waals surface area (Å²) in [5.74, 6) is -0.800. The third-order valence-electron chi connectivity index (χ3n) is 4.24. The smallest absolute Gasteiger partial charge is 0.303 e. The van der Waals surface area contributed by atoms with Crippen LogP contribution in [0.15, 0.2) is 53.4 Å². The Morgan fingerprint density at radius 3 is 2.30 bits per heavy atom. The number of halogens is 1. The van der Waals surface area contributed by atoms with Crippen molar-refractivity contribution in [2.75, 3.05) is 0 Å². The molecule has 0 aliphatic carbocycles. The summed E-state index contributed by atoms with van der Waals surface area (Å²) in [6.45, 7) is 2.00. The van der Waals surface area contributed by atoms with Crippen LogP contribution in [-0.2, 0) is 21.2 Å². The molecule has 0 aromatic heterocycles. The van der Waals surface area contributed by atoms with Crippen LogP contribution in [0.4, 0.5) is 0 Å². The molecule has 2 aromatic carbocycles. The molecule has 0 spiro atoms. The molecule has 27 heavy (non-hydrogen) atoms. The summed E-state index contributed by atoms with van der Waals surface area (Å²) < 4.78 is 28.1. The predicted octanol–water partition coefficient (Wildman–Crippen LogP) is 4.57. The molecule has 0 aliphatic rings. The van der Waals surface area contributed by atoms with Gasteiger partial charge in [-0.3, -0.25) is 4.79 Å². The first kappa shape index (κ1) is 21.4. The monoisotopic (exact) mass is 409 g/mol. The van der Waals surface area contributed by atoms with Gasteiger partial charge in [-0.25, -0.2) is 13.1 Å². The van der Waals surface area contributed by atoms with Crippen molar-refractivity contribution in [1.29, 1.82) is 0 Å². The van der Waals surface area contributed by atoms with Gasteiger partial charge in [0.15, 0.2) is 0 Å². The van der Waals surface area contributed by atoms with E-state index in [9.17, 15) is 13.2 Å². The molecule has 1 atom stereocenters. The average Bonchev–Trinajstić information content (AvgIpc) is 2.62. The SMILES string of the molecule is CCCC(NS(=O)(=O)c1ccc(Cl)cc1)c1ccc(CCCC(=O)O)cc1. The number of hydrogen-bond acceptors (Lipinski definition) is 3. The highest BCUT2D eigenvalue weighted by Crippen LogP contribution is 2.23. The molecule has 5 nitrogen and oxygen atoms in total. The number of carboxylic acids is 1. The molecule has 146 valence electrons. The average molecular weight is 410 g/mol. The molecule has 2 N–H and O–H groups in total. The van der Waals surface area contributed by atoms with Crippen molar-refractivity contribution in [1.82, 2.24) is 4.72 Å². The summed E-state index contributed by atoms with van der Waals surface area (Å²) in [7, 11) is -3.65. The molecule has 0 saturated heterocycles. The first-order valence-electron chi connectivity index (χ1n) is 8.90. The lowest BCUT2D eigenvalue weighted by molar-refractivity contribution is -0.137. The minimum absolute atomic E-state index is 0.140. The molecule has 0 radical (unpaired) electrons. The lowest BCUT2D eigenvalue weighted by atomic mass is 10.00. The molecule has 2 rings (SSSR count). The van der Waals surface area contributed by atoms with Crippen molar-refractivity contribution in [2.45, 2.75) is 50.0 Å². The Hall–Kier alpha value is -1.89. The highest BCUT2D eigenvalue weighted by Gasteiger charge is 2.21. The predicted molar refractivity (Wildman–Crippen MR) is 106 cm³/mol. The van der Waals surface area contributed by atoms with E-state index in [4.69, 9.17) is 16.7 Å². The van der Waals surface area contributed by atoms with E-state index >= 15 is 0 Å². The second kappa shape index (κ2) is 9.88. The topological polar surface area (TPSA) is 83.5 Å². The van der Waals surface area contributed by atoms with Gasteiger partial charge in [-0.15, -0.1) is 0 Å². The Bertz CT molecular complexity index is 849. The number of carbonyl (C=O) groups is 1. The number of sulfonamides is 1. The summed E-state index contributed by atoms with van der Waals surface area (Å²) in [5.41, 5.74) is 1.92. The lowest BCUT2D eigenvalue weighted by Gasteiger charge is -2.19. The third-order valence-corrected chi connectivity index (χ3v) is 5.98. The lowest BCUT2D eigenvalue weighted by Crippen LogP contribution is -2.28. The summed E-state index contributed by atoms with van der Waals surface area (Å²) >= 11 is 5.83. The zero-order chi connectivity index (χ0) is 19.9. The van der Waals surface area contributed by atoms with Crippen LogP contribution in [0.25, 0.3) is 0 Å². The number of carboxylic acid groups (broad SMARTS) is 1. The van der Waals surface area contributed by atoms with E-state index < -0.39 is 16.0 Å². The minimum atomic E-state index is -3.65. The second-order valence-corrected chi connectivity index (χ2v) is 8.56. The molecule has 0 heterocycles. The van der Waals surface area contributed by atoms with Crippen LogP contribution in [0.1, 0.15) is 49.8 Å². The van der Waals surface area contributed by atoms with E-state index in [0.29, 0.717) is 24.3 Å². The first-order chi connectivity index (χ1) is 12.8. The normalized spacial score (nSPS) is 12.7. The highest BCUT2D eigenvalue weighted by atomic mass is 35.5. The van der Waals surface area contributed by atoms with Gasteiger partial charge in [0.25, 0.3) is 0 Å². The third kappa shape index (κ3) is 6.65. The Morgan fingerprint density at radius 2 is 1.74 bits per heavy atom. The van der Waals surface area contributed by atoms with Gasteiger partial charge in [0.2, 0.25) is 10.0 Å². The van der Waals surface area contributed by atoms with Gasteiger partial charge in [-0.05, 0) is 54.7 Å². The maximum absolute atomic E-state index is 12.7. The van der Waals surface area contributed by atoms with E-state index in [2.05, 4.69) is 4.72 Å². The van der Waals surface area contributed by atoms with Crippen LogP contribution in [-0.4, -0.2) is 19.5 Å². The number of nitrogens with one attached hydrogen (secondary N) is 1. The number of hydrogen-bond donors (Lipinski definition) is 2. The van der Waals surface area contributed by atoms with Crippen molar-refractivity contribution in [2.24, 2.45) is 0 Å². The van der Waals surface area contributed by atoms with Gasteiger partial charge in [-0.2, -0.15) is 0 Å². The van der Waals surface area contributed by atoms with Crippen LogP contribution in [0.2, 0.25) is 5.02 Å². The van der Waals surface area contributed by atoms with E-state index in [1.807, 2.05) is 31.2 Å².